The molecular weight excluding hydrogens is 775 g/mol. The van der Waals surface area contributed by atoms with Gasteiger partial charge in [-0.15, -0.1) is 0 Å². The fourth-order valence-corrected chi connectivity index (χ4v) is 13.0. The van der Waals surface area contributed by atoms with E-state index in [9.17, 15) is 19.8 Å². The van der Waals surface area contributed by atoms with Gasteiger partial charge in [0.25, 0.3) is 0 Å². The van der Waals surface area contributed by atoms with Crippen molar-refractivity contribution in [3.63, 3.8) is 0 Å². The van der Waals surface area contributed by atoms with Gasteiger partial charge >= 0.3 is 0 Å². The summed E-state index contributed by atoms with van der Waals surface area (Å²) in [5.41, 5.74) is 20.5. The SMILES string of the molecule is CCCC1CCC23CCC1(C=CC(=O)CCc1ccc(O)c(c1)OCCc1ccc(O)c(c1)C1CC(=O)c4cc[nH]c4CC#Cc4cc(C(N)N)c(cc41)CSSC2)C3. The van der Waals surface area contributed by atoms with Crippen molar-refractivity contribution >= 4 is 33.2 Å². The predicted octanol–water partition coefficient (Wildman–Crippen LogP) is 9.60. The zero-order valence-electron chi connectivity index (χ0n) is 33.9. The molecule has 0 radical (unpaired) electrons. The molecule has 10 heteroatoms. The number of hydrogen-bond acceptors (Lipinski definition) is 9. The van der Waals surface area contributed by atoms with Crippen LogP contribution in [0, 0.1) is 28.6 Å². The summed E-state index contributed by atoms with van der Waals surface area (Å²) in [4.78, 5) is 30.8. The maximum Gasteiger partial charge on any atom is 0.165 e. The van der Waals surface area contributed by atoms with Crippen LogP contribution in [0.25, 0.3) is 0 Å². The molecule has 2 saturated carbocycles. The van der Waals surface area contributed by atoms with Crippen LogP contribution in [0.2, 0.25) is 0 Å². The molecule has 1 aliphatic heterocycles. The smallest absolute Gasteiger partial charge is 0.165 e. The van der Waals surface area contributed by atoms with Gasteiger partial charge < -0.3 is 31.4 Å². The molecule has 0 spiro atoms. The van der Waals surface area contributed by atoms with Crippen molar-refractivity contribution in [1.82, 2.24) is 4.98 Å². The molecular formula is C49H55N3O5S2. The standard InChI is InChI=1S/C49H55N3O5S2/c1-2-4-35-13-17-48-19-20-49(35,29-48)18-14-36(53)10-7-31-9-12-44(55)46(24-31)57-22-16-32-8-11-43(54)41(23-32)40-27-45(56)37-15-21-52-42(37)6-3-5-33-25-39(47(50)51)34(26-38(33)40)28-58-59-30-48/h8-9,11-12,14-15,18,21,23-26,35,40,47,52,54-55H,2,4,6-7,10,13,16-17,19-20,22,27-30,50-51H2,1H3. The normalized spacial score (nSPS) is 24.9. The number of phenolic OH excluding ortho intramolecular Hbond substituents is 2. The number of rotatable bonds is 3. The van der Waals surface area contributed by atoms with Crippen molar-refractivity contribution in [3.8, 4) is 29.1 Å². The number of allylic oxidation sites excluding steroid dienone is 2. The molecule has 4 aliphatic rings. The van der Waals surface area contributed by atoms with Gasteiger partial charge in [-0.2, -0.15) is 0 Å². The monoisotopic (exact) mass is 829 g/mol. The Kier molecular flexibility index (Phi) is 12.4. The molecule has 2 fully saturated rings. The topological polar surface area (TPSA) is 152 Å². The number of ketones is 2. The second kappa shape index (κ2) is 17.7. The van der Waals surface area contributed by atoms with Crippen LogP contribution in [0.1, 0.15) is 132 Å². The molecule has 8 bridgehead atoms. The van der Waals surface area contributed by atoms with Crippen LogP contribution in [0.3, 0.4) is 0 Å². The van der Waals surface area contributed by atoms with Gasteiger partial charge in [0.15, 0.2) is 23.1 Å². The Morgan fingerprint density at radius 1 is 0.949 bits per heavy atom. The highest BCUT2D eigenvalue weighted by Crippen LogP contribution is 2.64. The molecule has 8 rings (SSSR count). The molecule has 4 unspecified atom stereocenters. The van der Waals surface area contributed by atoms with Crippen LogP contribution in [0.5, 0.6) is 17.2 Å². The summed E-state index contributed by atoms with van der Waals surface area (Å²) in [6.45, 7) is 2.53. The third kappa shape index (κ3) is 8.90. The third-order valence-electron chi connectivity index (χ3n) is 13.4. The van der Waals surface area contributed by atoms with Crippen molar-refractivity contribution in [2.45, 2.75) is 102 Å². The first-order valence-corrected chi connectivity index (χ1v) is 23.6. The number of aromatic hydroxyl groups is 2. The number of nitrogens with one attached hydrogen (secondary N) is 1. The number of aryl methyl sites for hydroxylation is 1. The van der Waals surface area contributed by atoms with Gasteiger partial charge in [0.1, 0.15) is 5.75 Å². The zero-order chi connectivity index (χ0) is 41.1. The van der Waals surface area contributed by atoms with Crippen molar-refractivity contribution in [1.29, 1.82) is 0 Å². The lowest BCUT2D eigenvalue weighted by atomic mass is 9.62. The Hall–Kier alpha value is -4.40. The molecule has 4 atom stereocenters. The summed E-state index contributed by atoms with van der Waals surface area (Å²) >= 11 is 0. The van der Waals surface area contributed by atoms with E-state index in [0.29, 0.717) is 54.2 Å². The van der Waals surface area contributed by atoms with E-state index in [-0.39, 0.29) is 46.9 Å². The second-order valence-electron chi connectivity index (χ2n) is 17.2. The number of carbonyl (C=O) groups is 2. The number of fused-ring (bicyclic) bond motifs is 7. The van der Waals surface area contributed by atoms with E-state index in [0.717, 1.165) is 70.5 Å². The highest BCUT2D eigenvalue weighted by atomic mass is 33.1. The Bertz CT molecular complexity index is 2320. The molecule has 4 aromatic rings. The Labute approximate surface area is 355 Å². The number of H-pyrrole nitrogens is 1. The first-order valence-electron chi connectivity index (χ1n) is 21.1. The number of hydrogen-bond donors (Lipinski definition) is 5. The van der Waals surface area contributed by atoms with Crippen LogP contribution < -0.4 is 16.2 Å². The Morgan fingerprint density at radius 2 is 1.78 bits per heavy atom. The van der Waals surface area contributed by atoms with Crippen molar-refractivity contribution in [2.75, 3.05) is 12.4 Å². The lowest BCUT2D eigenvalue weighted by molar-refractivity contribution is -0.114. The van der Waals surface area contributed by atoms with Gasteiger partial charge in [-0.3, -0.25) is 9.59 Å². The van der Waals surface area contributed by atoms with Crippen LogP contribution in [-0.2, 0) is 29.8 Å². The van der Waals surface area contributed by atoms with E-state index in [1.54, 1.807) is 18.3 Å². The first kappa shape index (κ1) is 41.3. The summed E-state index contributed by atoms with van der Waals surface area (Å²) in [5, 5.41) is 22.3. The molecule has 308 valence electrons. The minimum absolute atomic E-state index is 0.0310. The maximum atomic E-state index is 14.2. The lowest BCUT2D eigenvalue weighted by Gasteiger charge is -2.44. The van der Waals surface area contributed by atoms with Gasteiger partial charge in [-0.25, -0.2) is 0 Å². The van der Waals surface area contributed by atoms with Gasteiger partial charge in [0.2, 0.25) is 0 Å². The second-order valence-corrected chi connectivity index (χ2v) is 19.7. The Morgan fingerprint density at radius 3 is 2.61 bits per heavy atom. The van der Waals surface area contributed by atoms with E-state index >= 15 is 0 Å². The maximum absolute atomic E-state index is 14.2. The van der Waals surface area contributed by atoms with Crippen molar-refractivity contribution in [2.24, 2.45) is 28.2 Å². The van der Waals surface area contributed by atoms with E-state index < -0.39 is 12.1 Å². The fourth-order valence-electron chi connectivity index (χ4n) is 10.2. The van der Waals surface area contributed by atoms with Gasteiger partial charge in [0.05, 0.1) is 19.2 Å². The van der Waals surface area contributed by atoms with E-state index in [4.69, 9.17) is 16.2 Å². The predicted molar refractivity (Wildman–Crippen MR) is 238 cm³/mol. The molecule has 7 N–H and O–H groups in total. The average molecular weight is 830 g/mol. The third-order valence-corrected chi connectivity index (χ3v) is 16.0. The quantitative estimate of drug-likeness (QED) is 0.0773. The van der Waals surface area contributed by atoms with Gasteiger partial charge in [-0.1, -0.05) is 77.1 Å². The summed E-state index contributed by atoms with van der Waals surface area (Å²) in [7, 11) is 3.73. The molecule has 2 heterocycles. The minimum Gasteiger partial charge on any atom is -0.508 e. The van der Waals surface area contributed by atoms with Crippen LogP contribution >= 0.6 is 21.6 Å². The molecule has 59 heavy (non-hydrogen) atoms. The molecule has 3 aliphatic carbocycles. The number of aromatic nitrogens is 1. The molecule has 1 aromatic heterocycles. The van der Waals surface area contributed by atoms with E-state index in [1.165, 1.54) is 19.3 Å². The van der Waals surface area contributed by atoms with Crippen molar-refractivity contribution < 1.29 is 24.5 Å². The number of nitrogens with two attached hydrogens (primary N) is 2. The Balaban J connectivity index is 1.18. The summed E-state index contributed by atoms with van der Waals surface area (Å²) in [6.07, 6.45) is 15.3. The highest BCUT2D eigenvalue weighted by molar-refractivity contribution is 8.76. The number of benzene rings is 3. The van der Waals surface area contributed by atoms with Crippen molar-refractivity contribution in [3.05, 3.63) is 123 Å². The van der Waals surface area contributed by atoms with E-state index in [2.05, 4.69) is 35.9 Å². The van der Waals surface area contributed by atoms with Gasteiger partial charge in [-0.05, 0) is 126 Å². The molecule has 3 aromatic carbocycles. The molecule has 0 amide bonds. The molecule has 0 saturated heterocycles. The minimum atomic E-state index is -0.724. The van der Waals surface area contributed by atoms with Crippen LogP contribution in [-0.4, -0.2) is 39.1 Å². The number of aromatic amines is 1. The van der Waals surface area contributed by atoms with Gasteiger partial charge in [0, 0.05) is 65.3 Å². The lowest BCUT2D eigenvalue weighted by Crippen LogP contribution is -2.35. The molecule has 8 nitrogen and oxygen atoms in total. The zero-order valence-corrected chi connectivity index (χ0v) is 35.5. The fraction of sp³-hybridized carbons (Fsp3) is 0.429. The van der Waals surface area contributed by atoms with E-state index in [1.807, 2.05) is 64.1 Å². The summed E-state index contributed by atoms with van der Waals surface area (Å²) in [6, 6.07) is 16.7. The first-order chi connectivity index (χ1) is 28.5. The average Bonchev–Trinajstić information content (AvgIpc) is 3.82. The number of Topliss-reactive ketones (excluding diaryl/α,β-unsaturated/α-hetero) is 1. The number of ether oxygens (including phenoxy) is 1. The largest absolute Gasteiger partial charge is 0.508 e. The summed E-state index contributed by atoms with van der Waals surface area (Å²) < 4.78 is 6.15. The summed E-state index contributed by atoms with van der Waals surface area (Å²) in [5.74, 6) is 9.07. The highest BCUT2D eigenvalue weighted by Gasteiger charge is 2.53. The van der Waals surface area contributed by atoms with Crippen LogP contribution in [0.15, 0.2) is 72.9 Å². The number of carbonyl (C=O) groups excluding carboxylic acids is 2. The number of phenols is 2. The van der Waals surface area contributed by atoms with Crippen LogP contribution in [0.4, 0.5) is 0 Å².